The fourth-order valence-corrected chi connectivity index (χ4v) is 1.02. The molecule has 0 spiro atoms. The van der Waals surface area contributed by atoms with Crippen molar-refractivity contribution in [3.63, 3.8) is 0 Å². The van der Waals surface area contributed by atoms with Crippen molar-refractivity contribution in [1.29, 1.82) is 0 Å². The van der Waals surface area contributed by atoms with Gasteiger partial charge in [-0.05, 0) is 6.42 Å². The van der Waals surface area contributed by atoms with Crippen LogP contribution in [0.4, 0.5) is 0 Å². The topological polar surface area (TPSA) is 37.1 Å². The Morgan fingerprint density at radius 1 is 1.78 bits per heavy atom. The van der Waals surface area contributed by atoms with Gasteiger partial charge >= 0.3 is 5.91 Å². The minimum absolute atomic E-state index is 0.248. The van der Waals surface area contributed by atoms with E-state index >= 15 is 0 Å². The molecule has 1 heterocycles. The predicted octanol–water partition coefficient (Wildman–Crippen LogP) is 0.722. The van der Waals surface area contributed by atoms with E-state index < -0.39 is 0 Å². The van der Waals surface area contributed by atoms with Gasteiger partial charge in [0.25, 0.3) is 0 Å². The third kappa shape index (κ3) is 1.15. The first-order valence-electron chi connectivity index (χ1n) is 3.21. The standard InChI is InChI=1S/C6H10NO2/c1-2-5-3-6(8)7(9)4-5/h5H,2-4H2,1H3/q+1. The molecule has 0 aromatic heterocycles. The molecule has 3 nitrogen and oxygen atoms in total. The molecule has 0 radical (unpaired) electrons. The molecular formula is C6H10NO2+. The van der Waals surface area contributed by atoms with Crippen molar-refractivity contribution < 1.29 is 9.55 Å². The maximum absolute atomic E-state index is 10.6. The summed E-state index contributed by atoms with van der Waals surface area (Å²) in [5.74, 6) is 0.0665. The van der Waals surface area contributed by atoms with Gasteiger partial charge in [-0.2, -0.15) is 0 Å². The van der Waals surface area contributed by atoms with E-state index in [1.807, 2.05) is 6.92 Å². The minimum atomic E-state index is -0.248. The van der Waals surface area contributed by atoms with Crippen LogP contribution >= 0.6 is 0 Å². The van der Waals surface area contributed by atoms with Crippen LogP contribution < -0.4 is 0 Å². The van der Waals surface area contributed by atoms with Gasteiger partial charge in [0.1, 0.15) is 0 Å². The van der Waals surface area contributed by atoms with Gasteiger partial charge in [-0.1, -0.05) is 6.92 Å². The summed E-state index contributed by atoms with van der Waals surface area (Å²) < 4.78 is 0.564. The van der Waals surface area contributed by atoms with Crippen LogP contribution in [-0.4, -0.2) is 17.2 Å². The van der Waals surface area contributed by atoms with Crippen molar-refractivity contribution in [2.24, 2.45) is 5.92 Å². The third-order valence-electron chi connectivity index (χ3n) is 1.74. The molecule has 50 valence electrons. The van der Waals surface area contributed by atoms with Crippen molar-refractivity contribution in [2.75, 3.05) is 6.54 Å². The minimum Gasteiger partial charge on any atom is -0.215 e. The number of carbonyl (C=O) groups is 1. The Hall–Kier alpha value is -0.730. The van der Waals surface area contributed by atoms with Crippen LogP contribution in [0.15, 0.2) is 0 Å². The molecule has 0 aromatic rings. The number of amides is 1. The predicted molar refractivity (Wildman–Crippen MR) is 31.9 cm³/mol. The van der Waals surface area contributed by atoms with Gasteiger partial charge in [0.05, 0.1) is 11.2 Å². The summed E-state index contributed by atoms with van der Waals surface area (Å²) in [7, 11) is 0. The molecule has 1 rings (SSSR count). The van der Waals surface area contributed by atoms with Gasteiger partial charge in [0, 0.05) is 10.8 Å². The molecule has 1 aliphatic heterocycles. The van der Waals surface area contributed by atoms with Crippen LogP contribution in [-0.2, 0) is 4.79 Å². The number of nitroso groups, excluding NO2 is 1. The zero-order valence-corrected chi connectivity index (χ0v) is 5.46. The van der Waals surface area contributed by atoms with E-state index in [0.29, 0.717) is 23.6 Å². The van der Waals surface area contributed by atoms with Crippen molar-refractivity contribution in [2.45, 2.75) is 19.8 Å². The Labute approximate surface area is 53.6 Å². The second-order valence-electron chi connectivity index (χ2n) is 2.43. The lowest BCUT2D eigenvalue weighted by molar-refractivity contribution is -0.457. The smallest absolute Gasteiger partial charge is 0.215 e. The third-order valence-corrected chi connectivity index (χ3v) is 1.74. The van der Waals surface area contributed by atoms with Gasteiger partial charge in [0.15, 0.2) is 0 Å². The van der Waals surface area contributed by atoms with Crippen LogP contribution in [0, 0.1) is 10.8 Å². The highest BCUT2D eigenvalue weighted by molar-refractivity contribution is 5.68. The van der Waals surface area contributed by atoms with Gasteiger partial charge in [-0.15, -0.1) is 0 Å². The number of nitrogens with zero attached hydrogens (tertiary/aromatic N) is 1. The molecule has 1 atom stereocenters. The average Bonchev–Trinajstić information content (AvgIpc) is 2.13. The quantitative estimate of drug-likeness (QED) is 0.488. The molecule has 3 heteroatoms. The lowest BCUT2D eigenvalue weighted by atomic mass is 10.1. The number of carbonyl (C=O) groups excluding carboxylic acids is 1. The molecule has 1 aliphatic rings. The number of hydrogen-bond donors (Lipinski definition) is 0. The van der Waals surface area contributed by atoms with E-state index in [1.54, 1.807) is 0 Å². The first-order chi connectivity index (χ1) is 4.24. The highest BCUT2D eigenvalue weighted by Crippen LogP contribution is 2.15. The Bertz CT molecular complexity index is 137. The van der Waals surface area contributed by atoms with Crippen LogP contribution in [0.25, 0.3) is 0 Å². The maximum Gasteiger partial charge on any atom is 0.433 e. The molecule has 1 saturated heterocycles. The Balaban J connectivity index is 2.54. The number of rotatable bonds is 1. The van der Waals surface area contributed by atoms with Gasteiger partial charge in [-0.3, -0.25) is 0 Å². The highest BCUT2D eigenvalue weighted by Gasteiger charge is 2.37. The van der Waals surface area contributed by atoms with Crippen molar-refractivity contribution in [3.8, 4) is 0 Å². The van der Waals surface area contributed by atoms with Crippen molar-refractivity contribution in [1.82, 2.24) is 0 Å². The fraction of sp³-hybridized carbons (Fsp3) is 0.833. The molecule has 1 unspecified atom stereocenters. The van der Waals surface area contributed by atoms with E-state index in [-0.39, 0.29) is 5.91 Å². The fourth-order valence-electron chi connectivity index (χ4n) is 1.02. The van der Waals surface area contributed by atoms with E-state index in [0.717, 1.165) is 6.42 Å². The summed E-state index contributed by atoms with van der Waals surface area (Å²) in [6.07, 6.45) is 1.39. The summed E-state index contributed by atoms with van der Waals surface area (Å²) in [6.45, 7) is 2.41. The highest BCUT2D eigenvalue weighted by atomic mass is 16.3. The zero-order chi connectivity index (χ0) is 6.85. The van der Waals surface area contributed by atoms with Crippen molar-refractivity contribution >= 4 is 5.91 Å². The average molecular weight is 128 g/mol. The molecule has 1 fully saturated rings. The molecule has 0 aliphatic carbocycles. The van der Waals surface area contributed by atoms with Crippen LogP contribution in [0.3, 0.4) is 0 Å². The summed E-state index contributed by atoms with van der Waals surface area (Å²) in [6, 6.07) is 0. The van der Waals surface area contributed by atoms with Crippen LogP contribution in [0.5, 0.6) is 0 Å². The zero-order valence-electron chi connectivity index (χ0n) is 5.46. The maximum atomic E-state index is 10.6. The van der Waals surface area contributed by atoms with E-state index in [4.69, 9.17) is 0 Å². The van der Waals surface area contributed by atoms with E-state index in [9.17, 15) is 9.70 Å². The van der Waals surface area contributed by atoms with Gasteiger partial charge in [-0.25, -0.2) is 4.79 Å². The second-order valence-corrected chi connectivity index (χ2v) is 2.43. The van der Waals surface area contributed by atoms with Gasteiger partial charge < -0.3 is 0 Å². The number of hydrogen-bond acceptors (Lipinski definition) is 2. The lowest BCUT2D eigenvalue weighted by Gasteiger charge is -1.90. The summed E-state index contributed by atoms with van der Waals surface area (Å²) in [5.41, 5.74) is 0. The first-order valence-corrected chi connectivity index (χ1v) is 3.21. The first kappa shape index (κ1) is 6.39. The molecule has 0 bridgehead atoms. The molecule has 1 amide bonds. The molecule has 0 saturated carbocycles. The monoisotopic (exact) mass is 128 g/mol. The lowest BCUT2D eigenvalue weighted by Crippen LogP contribution is -2.07. The van der Waals surface area contributed by atoms with Crippen molar-refractivity contribution in [3.05, 3.63) is 4.91 Å². The van der Waals surface area contributed by atoms with E-state index in [1.165, 1.54) is 0 Å². The van der Waals surface area contributed by atoms with Crippen LogP contribution in [0.2, 0.25) is 0 Å². The molecule has 0 aromatic carbocycles. The summed E-state index contributed by atoms with van der Waals surface area (Å²) >= 11 is 0. The Kier molecular flexibility index (Phi) is 1.60. The largest absolute Gasteiger partial charge is 0.433 e. The SMILES string of the molecule is CCC1CC(=O)[N+](=O)C1. The molecule has 9 heavy (non-hydrogen) atoms. The summed E-state index contributed by atoms with van der Waals surface area (Å²) in [5, 5.41) is 0. The second kappa shape index (κ2) is 2.25. The van der Waals surface area contributed by atoms with Gasteiger partial charge in [0.2, 0.25) is 6.54 Å². The van der Waals surface area contributed by atoms with E-state index in [2.05, 4.69) is 0 Å². The molecule has 0 N–H and O–H groups in total. The van der Waals surface area contributed by atoms with Crippen LogP contribution in [0.1, 0.15) is 19.8 Å². The normalized spacial score (nSPS) is 27.4. The Morgan fingerprint density at radius 2 is 2.44 bits per heavy atom. The Morgan fingerprint density at radius 3 is 2.67 bits per heavy atom. The summed E-state index contributed by atoms with van der Waals surface area (Å²) in [4.78, 5) is 21.1. The molecular weight excluding hydrogens is 118 g/mol.